The van der Waals surface area contributed by atoms with Crippen molar-refractivity contribution in [2.45, 2.75) is 96.2 Å². The lowest BCUT2D eigenvalue weighted by Crippen LogP contribution is -2.62. The van der Waals surface area contributed by atoms with Gasteiger partial charge in [0.1, 0.15) is 11.6 Å². The van der Waals surface area contributed by atoms with Crippen LogP contribution in [0.5, 0.6) is 0 Å². The van der Waals surface area contributed by atoms with Crippen LogP contribution in [0.25, 0.3) is 0 Å². The molecular formula is C34H49N3O5. The lowest BCUT2D eigenvalue weighted by atomic mass is 9.64. The first-order valence-electron chi connectivity index (χ1n) is 15.3. The van der Waals surface area contributed by atoms with Gasteiger partial charge in [0, 0.05) is 25.2 Å². The molecule has 1 aromatic carbocycles. The van der Waals surface area contributed by atoms with E-state index in [1.165, 1.54) is 0 Å². The predicted octanol–water partition coefficient (Wildman–Crippen LogP) is 4.19. The Bertz CT molecular complexity index is 1190. The van der Waals surface area contributed by atoms with E-state index in [1.54, 1.807) is 26.9 Å². The van der Waals surface area contributed by atoms with Crippen LogP contribution in [0, 0.1) is 17.8 Å². The molecule has 42 heavy (non-hydrogen) atoms. The van der Waals surface area contributed by atoms with E-state index in [2.05, 4.69) is 13.2 Å². The SMILES string of the molecule is C=CCN(Cc1ccccc1)C(=O)[C@@H]1[C@H]2C(=O)N([C@@H](CO)C(C)C)C(C(=O)N(CC=C)C(C)(C)C)C23CC[C@@]1(CC)O3. The Hall–Kier alpha value is -2.97. The van der Waals surface area contributed by atoms with Crippen molar-refractivity contribution >= 4 is 17.7 Å². The third-order valence-corrected chi connectivity index (χ3v) is 9.70. The molecule has 1 N–H and O–H groups in total. The van der Waals surface area contributed by atoms with Crippen molar-refractivity contribution < 1.29 is 24.2 Å². The van der Waals surface area contributed by atoms with E-state index in [0.29, 0.717) is 38.9 Å². The smallest absolute Gasteiger partial charge is 0.249 e. The topological polar surface area (TPSA) is 90.4 Å². The van der Waals surface area contributed by atoms with Gasteiger partial charge in [-0.1, -0.05) is 63.3 Å². The summed E-state index contributed by atoms with van der Waals surface area (Å²) in [4.78, 5) is 49.0. The van der Waals surface area contributed by atoms with Crippen LogP contribution < -0.4 is 0 Å². The Kier molecular flexibility index (Phi) is 9.10. The molecule has 2 unspecified atom stereocenters. The second kappa shape index (κ2) is 12.0. The van der Waals surface area contributed by atoms with Crippen molar-refractivity contribution in [3.8, 4) is 0 Å². The maximum atomic E-state index is 14.7. The lowest BCUT2D eigenvalue weighted by molar-refractivity contribution is -0.161. The summed E-state index contributed by atoms with van der Waals surface area (Å²) in [5, 5.41) is 10.5. The number of ether oxygens (including phenoxy) is 1. The average molecular weight is 580 g/mol. The number of amides is 3. The standard InChI is InChI=1S/C34H49N3O5/c1-9-19-35(21-24-15-13-12-14-16-24)29(39)26-27-30(40)37(25(22-38)23(4)5)28(31(41)36(20-10-2)32(6,7)8)34(27)18-17-33(26,11-3)42-34/h9-10,12-16,23,25-28,38H,1-2,11,17-22H2,3-8H3/t25-,26-,27-,28?,33+,34?/m0/s1. The van der Waals surface area contributed by atoms with Crippen molar-refractivity contribution in [3.63, 3.8) is 0 Å². The molecule has 3 fully saturated rings. The minimum atomic E-state index is -1.16. The molecular weight excluding hydrogens is 530 g/mol. The second-order valence-corrected chi connectivity index (χ2v) is 13.5. The summed E-state index contributed by atoms with van der Waals surface area (Å²) < 4.78 is 6.99. The molecule has 0 aromatic heterocycles. The predicted molar refractivity (Wildman–Crippen MR) is 163 cm³/mol. The lowest BCUT2D eigenvalue weighted by Gasteiger charge is -2.44. The van der Waals surface area contributed by atoms with Crippen LogP contribution in [0.4, 0.5) is 0 Å². The van der Waals surface area contributed by atoms with E-state index in [0.717, 1.165) is 5.56 Å². The summed E-state index contributed by atoms with van der Waals surface area (Å²) in [6.45, 7) is 20.2. The highest BCUT2D eigenvalue weighted by atomic mass is 16.5. The molecule has 8 nitrogen and oxygen atoms in total. The summed E-state index contributed by atoms with van der Waals surface area (Å²) >= 11 is 0. The molecule has 3 amide bonds. The van der Waals surface area contributed by atoms with Gasteiger partial charge in [0.2, 0.25) is 17.7 Å². The van der Waals surface area contributed by atoms with Crippen molar-refractivity contribution in [1.29, 1.82) is 0 Å². The molecule has 1 aromatic rings. The number of likely N-dealkylation sites (tertiary alicyclic amines) is 1. The molecule has 0 aliphatic carbocycles. The number of benzene rings is 1. The number of aliphatic hydroxyl groups excluding tert-OH is 1. The molecule has 230 valence electrons. The van der Waals surface area contributed by atoms with Crippen LogP contribution >= 0.6 is 0 Å². The van der Waals surface area contributed by atoms with Gasteiger partial charge in [0.15, 0.2) is 0 Å². The van der Waals surface area contributed by atoms with Gasteiger partial charge in [-0.05, 0) is 51.5 Å². The zero-order chi connectivity index (χ0) is 31.0. The number of carbonyl (C=O) groups excluding carboxylic acids is 3. The minimum Gasteiger partial charge on any atom is -0.394 e. The highest BCUT2D eigenvalue weighted by Crippen LogP contribution is 2.65. The van der Waals surface area contributed by atoms with E-state index in [4.69, 9.17) is 4.74 Å². The summed E-state index contributed by atoms with van der Waals surface area (Å²) in [5.41, 5.74) is -1.58. The first-order chi connectivity index (χ1) is 19.8. The van der Waals surface area contributed by atoms with Gasteiger partial charge < -0.3 is 24.5 Å². The van der Waals surface area contributed by atoms with Gasteiger partial charge in [0.05, 0.1) is 30.1 Å². The number of nitrogens with zero attached hydrogens (tertiary/aromatic N) is 3. The van der Waals surface area contributed by atoms with Crippen LogP contribution in [-0.4, -0.2) is 86.0 Å². The Morgan fingerprint density at radius 1 is 1.12 bits per heavy atom. The van der Waals surface area contributed by atoms with E-state index < -0.39 is 40.7 Å². The van der Waals surface area contributed by atoms with Crippen LogP contribution in [-0.2, 0) is 25.7 Å². The Labute approximate surface area is 251 Å². The molecule has 0 radical (unpaired) electrons. The molecule has 8 heteroatoms. The summed E-state index contributed by atoms with van der Waals surface area (Å²) in [6.07, 6.45) is 5.02. The van der Waals surface area contributed by atoms with Crippen LogP contribution in [0.1, 0.15) is 66.4 Å². The summed E-state index contributed by atoms with van der Waals surface area (Å²) in [5.74, 6) is -2.35. The van der Waals surface area contributed by atoms with E-state index >= 15 is 0 Å². The highest BCUT2D eigenvalue weighted by Gasteiger charge is 2.79. The zero-order valence-corrected chi connectivity index (χ0v) is 26.2. The highest BCUT2D eigenvalue weighted by molar-refractivity contribution is 5.99. The van der Waals surface area contributed by atoms with Gasteiger partial charge in [-0.3, -0.25) is 14.4 Å². The minimum absolute atomic E-state index is 0.117. The second-order valence-electron chi connectivity index (χ2n) is 13.5. The molecule has 2 bridgehead atoms. The molecule has 1 spiro atoms. The van der Waals surface area contributed by atoms with Gasteiger partial charge in [0.25, 0.3) is 0 Å². The average Bonchev–Trinajstić information content (AvgIpc) is 3.55. The monoisotopic (exact) mass is 579 g/mol. The summed E-state index contributed by atoms with van der Waals surface area (Å²) in [7, 11) is 0. The van der Waals surface area contributed by atoms with Gasteiger partial charge in [-0.15, -0.1) is 13.2 Å². The number of hydrogen-bond acceptors (Lipinski definition) is 5. The maximum Gasteiger partial charge on any atom is 0.249 e. The number of carbonyl (C=O) groups is 3. The molecule has 3 aliphatic heterocycles. The summed E-state index contributed by atoms with van der Waals surface area (Å²) in [6, 6.07) is 8.21. The fourth-order valence-electron chi connectivity index (χ4n) is 7.65. The number of hydrogen-bond donors (Lipinski definition) is 1. The Balaban J connectivity index is 1.85. The Morgan fingerprint density at radius 2 is 1.76 bits per heavy atom. The number of rotatable bonds is 12. The molecule has 3 aliphatic rings. The van der Waals surface area contributed by atoms with Crippen LogP contribution in [0.15, 0.2) is 55.6 Å². The molecule has 4 rings (SSSR count). The van der Waals surface area contributed by atoms with Gasteiger partial charge in [-0.2, -0.15) is 0 Å². The number of fused-ring (bicyclic) bond motifs is 1. The van der Waals surface area contributed by atoms with Crippen molar-refractivity contribution in [1.82, 2.24) is 14.7 Å². The third-order valence-electron chi connectivity index (χ3n) is 9.70. The van der Waals surface area contributed by atoms with Gasteiger partial charge in [-0.25, -0.2) is 0 Å². The van der Waals surface area contributed by atoms with E-state index in [9.17, 15) is 19.5 Å². The van der Waals surface area contributed by atoms with Crippen molar-refractivity contribution in [3.05, 3.63) is 61.2 Å². The maximum absolute atomic E-state index is 14.7. The Morgan fingerprint density at radius 3 is 2.29 bits per heavy atom. The first kappa shape index (κ1) is 32.0. The van der Waals surface area contributed by atoms with Crippen molar-refractivity contribution in [2.24, 2.45) is 17.8 Å². The largest absolute Gasteiger partial charge is 0.394 e. The third kappa shape index (κ3) is 5.11. The van der Waals surface area contributed by atoms with E-state index in [1.807, 2.05) is 71.9 Å². The first-order valence-corrected chi connectivity index (χ1v) is 15.3. The number of aliphatic hydroxyl groups is 1. The molecule has 3 saturated heterocycles. The quantitative estimate of drug-likeness (QED) is 0.375. The molecule has 3 heterocycles. The zero-order valence-electron chi connectivity index (χ0n) is 26.2. The van der Waals surface area contributed by atoms with Gasteiger partial charge >= 0.3 is 0 Å². The van der Waals surface area contributed by atoms with E-state index in [-0.39, 0.29) is 30.2 Å². The normalized spacial score (nSPS) is 29.0. The van der Waals surface area contributed by atoms with Crippen LogP contribution in [0.3, 0.4) is 0 Å². The van der Waals surface area contributed by atoms with Crippen LogP contribution in [0.2, 0.25) is 0 Å². The van der Waals surface area contributed by atoms with Crippen molar-refractivity contribution in [2.75, 3.05) is 19.7 Å². The molecule has 6 atom stereocenters. The fourth-order valence-corrected chi connectivity index (χ4v) is 7.65. The molecule has 0 saturated carbocycles. The fraction of sp³-hybridized carbons (Fsp3) is 0.618.